The molecule has 0 spiro atoms. The van der Waals surface area contributed by atoms with Gasteiger partial charge >= 0.3 is 0 Å². The van der Waals surface area contributed by atoms with E-state index >= 15 is 0 Å². The second-order valence-electron chi connectivity index (χ2n) is 5.44. The minimum Gasteiger partial charge on any atom is -0.391 e. The molecule has 1 heterocycles. The number of hydrogen-bond donors (Lipinski definition) is 2. The van der Waals surface area contributed by atoms with Crippen molar-refractivity contribution in [2.45, 2.75) is 12.5 Å². The Kier molecular flexibility index (Phi) is 4.98. The van der Waals surface area contributed by atoms with Crippen LogP contribution < -0.4 is 5.32 Å². The van der Waals surface area contributed by atoms with Crippen LogP contribution in [0.3, 0.4) is 0 Å². The predicted octanol–water partition coefficient (Wildman–Crippen LogP) is 1.60. The number of amides is 1. The summed E-state index contributed by atoms with van der Waals surface area (Å²) in [4.78, 5) is 16.1. The molecule has 0 aliphatic rings. The van der Waals surface area contributed by atoms with Crippen LogP contribution >= 0.6 is 0 Å². The molecular weight excluding hydrogens is 304 g/mol. The van der Waals surface area contributed by atoms with E-state index < -0.39 is 6.10 Å². The van der Waals surface area contributed by atoms with E-state index in [4.69, 9.17) is 0 Å². The normalized spacial score (nSPS) is 11.9. The summed E-state index contributed by atoms with van der Waals surface area (Å²) in [6.07, 6.45) is 2.88. The number of carbonyl (C=O) groups excluding carboxylic acids is 1. The zero-order chi connectivity index (χ0) is 16.8. The molecule has 6 heteroatoms. The van der Waals surface area contributed by atoms with E-state index in [1.807, 2.05) is 36.4 Å². The second kappa shape index (κ2) is 7.52. The molecule has 1 atom stereocenters. The minimum atomic E-state index is -0.630. The summed E-state index contributed by atoms with van der Waals surface area (Å²) in [5.74, 6) is -0.232. The van der Waals surface area contributed by atoms with Gasteiger partial charge in [0.25, 0.3) is 5.91 Å². The van der Waals surface area contributed by atoms with Crippen molar-refractivity contribution in [2.75, 3.05) is 6.54 Å². The van der Waals surface area contributed by atoms with Gasteiger partial charge < -0.3 is 10.4 Å². The van der Waals surface area contributed by atoms with Crippen LogP contribution in [0.2, 0.25) is 0 Å². The monoisotopic (exact) mass is 322 g/mol. The van der Waals surface area contributed by atoms with E-state index in [1.54, 1.807) is 29.2 Å². The van der Waals surface area contributed by atoms with Crippen LogP contribution in [0.1, 0.15) is 15.9 Å². The zero-order valence-corrected chi connectivity index (χ0v) is 13.0. The topological polar surface area (TPSA) is 80.0 Å². The number of benzene rings is 2. The molecule has 122 valence electrons. The Hall–Kier alpha value is -2.99. The lowest BCUT2D eigenvalue weighted by molar-refractivity contribution is 0.0916. The fourth-order valence-corrected chi connectivity index (χ4v) is 2.40. The summed E-state index contributed by atoms with van der Waals surface area (Å²) < 4.78 is 1.58. The average molecular weight is 322 g/mol. The fraction of sp³-hybridized carbons (Fsp3) is 0.167. The van der Waals surface area contributed by atoms with Gasteiger partial charge in [-0.3, -0.25) is 4.79 Å². The number of aromatic nitrogens is 3. The maximum Gasteiger partial charge on any atom is 0.251 e. The third kappa shape index (κ3) is 4.05. The van der Waals surface area contributed by atoms with Crippen molar-refractivity contribution in [1.82, 2.24) is 20.1 Å². The molecule has 1 amide bonds. The third-order valence-corrected chi connectivity index (χ3v) is 3.60. The molecular formula is C18H18N4O2. The first kappa shape index (κ1) is 15.9. The molecule has 0 aliphatic carbocycles. The molecule has 0 bridgehead atoms. The lowest BCUT2D eigenvalue weighted by atomic mass is 10.1. The minimum absolute atomic E-state index is 0.196. The van der Waals surface area contributed by atoms with Crippen molar-refractivity contribution in [2.24, 2.45) is 0 Å². The van der Waals surface area contributed by atoms with Gasteiger partial charge in [-0.15, -0.1) is 0 Å². The second-order valence-corrected chi connectivity index (χ2v) is 5.44. The smallest absolute Gasteiger partial charge is 0.251 e. The van der Waals surface area contributed by atoms with Gasteiger partial charge in [0.1, 0.15) is 12.7 Å². The first-order valence-electron chi connectivity index (χ1n) is 7.67. The summed E-state index contributed by atoms with van der Waals surface area (Å²) >= 11 is 0. The molecule has 3 aromatic rings. The molecule has 1 unspecified atom stereocenters. The number of aliphatic hydroxyl groups excluding tert-OH is 1. The highest BCUT2D eigenvalue weighted by Crippen LogP contribution is 2.09. The molecule has 0 fully saturated rings. The van der Waals surface area contributed by atoms with Crippen LogP contribution in [0, 0.1) is 0 Å². The van der Waals surface area contributed by atoms with E-state index in [0.29, 0.717) is 12.0 Å². The van der Waals surface area contributed by atoms with Crippen LogP contribution in [0.4, 0.5) is 0 Å². The van der Waals surface area contributed by atoms with Crippen LogP contribution in [0.15, 0.2) is 67.3 Å². The van der Waals surface area contributed by atoms with Gasteiger partial charge in [-0.25, -0.2) is 9.67 Å². The highest BCUT2D eigenvalue weighted by atomic mass is 16.3. The Bertz CT molecular complexity index is 788. The number of nitrogens with zero attached hydrogens (tertiary/aromatic N) is 3. The number of carbonyl (C=O) groups is 1. The van der Waals surface area contributed by atoms with Crippen molar-refractivity contribution < 1.29 is 9.90 Å². The predicted molar refractivity (Wildman–Crippen MR) is 89.8 cm³/mol. The van der Waals surface area contributed by atoms with Crippen LogP contribution in [0.5, 0.6) is 0 Å². The standard InChI is InChI=1S/C18H18N4O2/c23-17(9-14-5-2-1-3-6-14)11-20-18(24)15-7-4-8-16(10-15)22-13-19-12-21-22/h1-8,10,12-13,17,23H,9,11H2,(H,20,24). The van der Waals surface area contributed by atoms with E-state index in [1.165, 1.54) is 6.33 Å². The average Bonchev–Trinajstić information content (AvgIpc) is 3.15. The van der Waals surface area contributed by atoms with Crippen molar-refractivity contribution in [3.05, 3.63) is 78.4 Å². The van der Waals surface area contributed by atoms with E-state index in [0.717, 1.165) is 11.3 Å². The Morgan fingerprint density at radius 3 is 2.75 bits per heavy atom. The third-order valence-electron chi connectivity index (χ3n) is 3.60. The van der Waals surface area contributed by atoms with Gasteiger partial charge in [-0.1, -0.05) is 36.4 Å². The zero-order valence-electron chi connectivity index (χ0n) is 13.0. The van der Waals surface area contributed by atoms with Gasteiger partial charge in [-0.2, -0.15) is 5.10 Å². The van der Waals surface area contributed by atoms with Crippen LogP contribution in [-0.2, 0) is 6.42 Å². The first-order chi connectivity index (χ1) is 11.7. The molecule has 0 saturated carbocycles. The van der Waals surface area contributed by atoms with Crippen molar-refractivity contribution in [3.63, 3.8) is 0 Å². The van der Waals surface area contributed by atoms with E-state index in [-0.39, 0.29) is 12.5 Å². The van der Waals surface area contributed by atoms with Gasteiger partial charge in [0, 0.05) is 18.5 Å². The largest absolute Gasteiger partial charge is 0.391 e. The summed E-state index contributed by atoms with van der Waals surface area (Å²) in [6, 6.07) is 16.8. The maximum atomic E-state index is 12.3. The first-order valence-corrected chi connectivity index (χ1v) is 7.67. The molecule has 1 aromatic heterocycles. The fourth-order valence-electron chi connectivity index (χ4n) is 2.40. The van der Waals surface area contributed by atoms with Gasteiger partial charge in [0.2, 0.25) is 0 Å². The molecule has 0 radical (unpaired) electrons. The van der Waals surface area contributed by atoms with Gasteiger partial charge in [0.05, 0.1) is 11.8 Å². The van der Waals surface area contributed by atoms with E-state index in [9.17, 15) is 9.90 Å². The lowest BCUT2D eigenvalue weighted by Crippen LogP contribution is -2.33. The summed E-state index contributed by atoms with van der Waals surface area (Å²) in [7, 11) is 0. The maximum absolute atomic E-state index is 12.3. The van der Waals surface area contributed by atoms with E-state index in [2.05, 4.69) is 15.4 Å². The molecule has 2 aromatic carbocycles. The van der Waals surface area contributed by atoms with Crippen LogP contribution in [0.25, 0.3) is 5.69 Å². The molecule has 6 nitrogen and oxygen atoms in total. The number of rotatable bonds is 6. The SMILES string of the molecule is O=C(NCC(O)Cc1ccccc1)c1cccc(-n2cncn2)c1. The Labute approximate surface area is 139 Å². The van der Waals surface area contributed by atoms with Crippen molar-refractivity contribution >= 4 is 5.91 Å². The molecule has 0 saturated heterocycles. The molecule has 2 N–H and O–H groups in total. The Balaban J connectivity index is 1.58. The number of nitrogens with one attached hydrogen (secondary N) is 1. The number of aliphatic hydroxyl groups is 1. The number of hydrogen-bond acceptors (Lipinski definition) is 4. The molecule has 24 heavy (non-hydrogen) atoms. The summed E-state index contributed by atoms with van der Waals surface area (Å²) in [5.41, 5.74) is 2.30. The quantitative estimate of drug-likeness (QED) is 0.722. The summed E-state index contributed by atoms with van der Waals surface area (Å²) in [5, 5.41) is 16.9. The molecule has 3 rings (SSSR count). The molecule has 0 aliphatic heterocycles. The van der Waals surface area contributed by atoms with Gasteiger partial charge in [0.15, 0.2) is 0 Å². The van der Waals surface area contributed by atoms with Crippen LogP contribution in [-0.4, -0.2) is 38.4 Å². The highest BCUT2D eigenvalue weighted by Gasteiger charge is 2.10. The Morgan fingerprint density at radius 1 is 1.17 bits per heavy atom. The lowest BCUT2D eigenvalue weighted by Gasteiger charge is -2.12. The Morgan fingerprint density at radius 2 is 2.00 bits per heavy atom. The van der Waals surface area contributed by atoms with Crippen molar-refractivity contribution in [1.29, 1.82) is 0 Å². The highest BCUT2D eigenvalue weighted by molar-refractivity contribution is 5.94. The summed E-state index contributed by atoms with van der Waals surface area (Å²) in [6.45, 7) is 0.196. The van der Waals surface area contributed by atoms with Gasteiger partial charge in [-0.05, 0) is 23.8 Å². The van der Waals surface area contributed by atoms with Crippen molar-refractivity contribution in [3.8, 4) is 5.69 Å².